The zero-order valence-electron chi connectivity index (χ0n) is 9.31. The lowest BCUT2D eigenvalue weighted by atomic mass is 10.1. The summed E-state index contributed by atoms with van der Waals surface area (Å²) in [6, 6.07) is 4.91. The van der Waals surface area contributed by atoms with Gasteiger partial charge in [-0.2, -0.15) is 0 Å². The fourth-order valence-corrected chi connectivity index (χ4v) is 2.92. The Kier molecular flexibility index (Phi) is 3.24. The average molecular weight is 403 g/mol. The predicted molar refractivity (Wildman–Crippen MR) is 80.5 cm³/mol. The van der Waals surface area contributed by atoms with Crippen LogP contribution in [0.5, 0.6) is 5.75 Å². The lowest BCUT2D eigenvalue weighted by molar-refractivity contribution is 0.477. The number of nitrogens with zero attached hydrogens (tertiary/aromatic N) is 3. The molecule has 2 aromatic heterocycles. The Bertz CT molecular complexity index is 788. The molecule has 0 fully saturated rings. The summed E-state index contributed by atoms with van der Waals surface area (Å²) in [7, 11) is 0. The normalized spacial score (nSPS) is 11.1. The molecule has 0 aliphatic heterocycles. The van der Waals surface area contributed by atoms with E-state index in [0.717, 1.165) is 4.60 Å². The molecule has 1 N–H and O–H groups in total. The molecule has 0 spiro atoms. The van der Waals surface area contributed by atoms with E-state index in [-0.39, 0.29) is 5.75 Å². The highest BCUT2D eigenvalue weighted by atomic mass is 79.9. The van der Waals surface area contributed by atoms with Crippen LogP contribution in [0.15, 0.2) is 39.8 Å². The van der Waals surface area contributed by atoms with Gasteiger partial charge in [0.25, 0.3) is 0 Å². The largest absolute Gasteiger partial charge is 0.507 e. The van der Waals surface area contributed by atoms with E-state index < -0.39 is 0 Å². The smallest absolute Gasteiger partial charge is 0.155 e. The molecule has 0 atom stereocenters. The fourth-order valence-electron chi connectivity index (χ4n) is 1.78. The first-order chi connectivity index (χ1) is 9.08. The number of fused-ring (bicyclic) bond motifs is 1. The number of benzene rings is 1. The SMILES string of the molecule is Oc1cc(Cl)ccc1-c1ncn2c(Br)cnc2c1Br. The Morgan fingerprint density at radius 1 is 1.21 bits per heavy atom. The standard InChI is InChI=1S/C12H6Br2ClN3O/c13-9-4-16-12-10(14)11(17-5-18(9)12)7-2-1-6(15)3-8(7)19/h1-5,19H. The second-order valence-electron chi connectivity index (χ2n) is 3.84. The van der Waals surface area contributed by atoms with Crippen molar-refractivity contribution in [3.63, 3.8) is 0 Å². The molecule has 96 valence electrons. The maximum absolute atomic E-state index is 9.96. The van der Waals surface area contributed by atoms with Crippen LogP contribution in [0, 0.1) is 0 Å². The molecule has 0 radical (unpaired) electrons. The van der Waals surface area contributed by atoms with Gasteiger partial charge in [0.05, 0.1) is 16.4 Å². The third kappa shape index (κ3) is 2.13. The number of halogens is 3. The molecule has 3 aromatic rings. The molecule has 0 saturated heterocycles. The second kappa shape index (κ2) is 4.77. The summed E-state index contributed by atoms with van der Waals surface area (Å²) < 4.78 is 3.31. The Labute approximate surface area is 130 Å². The monoisotopic (exact) mass is 401 g/mol. The summed E-state index contributed by atoms with van der Waals surface area (Å²) in [5.74, 6) is 0.0793. The van der Waals surface area contributed by atoms with Crippen molar-refractivity contribution in [1.29, 1.82) is 0 Å². The molecule has 7 heteroatoms. The number of aromatic nitrogens is 3. The van der Waals surface area contributed by atoms with Crippen molar-refractivity contribution in [2.75, 3.05) is 0 Å². The number of aromatic hydroxyl groups is 1. The summed E-state index contributed by atoms with van der Waals surface area (Å²) in [4.78, 5) is 8.62. The first-order valence-corrected chi connectivity index (χ1v) is 7.20. The lowest BCUT2D eigenvalue weighted by Crippen LogP contribution is -1.93. The molecule has 0 saturated carbocycles. The van der Waals surface area contributed by atoms with Crippen molar-refractivity contribution in [3.05, 3.63) is 44.8 Å². The molecule has 0 aliphatic rings. The van der Waals surface area contributed by atoms with E-state index in [2.05, 4.69) is 41.8 Å². The Morgan fingerprint density at radius 3 is 2.74 bits per heavy atom. The topological polar surface area (TPSA) is 50.4 Å². The van der Waals surface area contributed by atoms with Gasteiger partial charge in [0, 0.05) is 10.6 Å². The van der Waals surface area contributed by atoms with Gasteiger partial charge < -0.3 is 5.11 Å². The van der Waals surface area contributed by atoms with Crippen LogP contribution in [0.3, 0.4) is 0 Å². The minimum atomic E-state index is 0.0793. The highest BCUT2D eigenvalue weighted by Crippen LogP contribution is 2.36. The molecular formula is C12H6Br2ClN3O. The van der Waals surface area contributed by atoms with Crippen molar-refractivity contribution < 1.29 is 5.11 Å². The van der Waals surface area contributed by atoms with Crippen LogP contribution in [0.4, 0.5) is 0 Å². The Morgan fingerprint density at radius 2 is 2.00 bits per heavy atom. The summed E-state index contributed by atoms with van der Waals surface area (Å²) >= 11 is 12.7. The second-order valence-corrected chi connectivity index (χ2v) is 5.89. The maximum atomic E-state index is 9.96. The first-order valence-electron chi connectivity index (χ1n) is 5.24. The molecule has 0 bridgehead atoms. The number of phenols is 1. The van der Waals surface area contributed by atoms with Crippen molar-refractivity contribution in [1.82, 2.24) is 14.4 Å². The predicted octanol–water partition coefficient (Wildman–Crippen LogP) is 4.28. The summed E-state index contributed by atoms with van der Waals surface area (Å²) in [5.41, 5.74) is 1.92. The van der Waals surface area contributed by atoms with E-state index >= 15 is 0 Å². The Balaban J connectivity index is 2.28. The minimum absolute atomic E-state index is 0.0793. The molecule has 0 amide bonds. The summed E-state index contributed by atoms with van der Waals surface area (Å²) in [6.45, 7) is 0. The third-order valence-electron chi connectivity index (χ3n) is 2.67. The van der Waals surface area contributed by atoms with E-state index in [9.17, 15) is 5.11 Å². The van der Waals surface area contributed by atoms with Gasteiger partial charge in [-0.25, -0.2) is 9.97 Å². The maximum Gasteiger partial charge on any atom is 0.155 e. The number of hydrogen-bond donors (Lipinski definition) is 1. The molecule has 3 rings (SSSR count). The van der Waals surface area contributed by atoms with Gasteiger partial charge in [0.1, 0.15) is 16.7 Å². The zero-order valence-corrected chi connectivity index (χ0v) is 13.2. The van der Waals surface area contributed by atoms with Gasteiger partial charge >= 0.3 is 0 Å². The van der Waals surface area contributed by atoms with Gasteiger partial charge in [-0.15, -0.1) is 0 Å². The minimum Gasteiger partial charge on any atom is -0.507 e. The van der Waals surface area contributed by atoms with Crippen molar-refractivity contribution in [2.45, 2.75) is 0 Å². The Hall–Kier alpha value is -1.11. The van der Waals surface area contributed by atoms with Crippen LogP contribution >= 0.6 is 43.5 Å². The summed E-state index contributed by atoms with van der Waals surface area (Å²) in [6.07, 6.45) is 3.33. The first kappa shape index (κ1) is 12.9. The van der Waals surface area contributed by atoms with Crippen LogP contribution in [-0.2, 0) is 0 Å². The number of hydrogen-bond acceptors (Lipinski definition) is 3. The van der Waals surface area contributed by atoms with E-state index in [4.69, 9.17) is 11.6 Å². The summed E-state index contributed by atoms with van der Waals surface area (Å²) in [5, 5.41) is 10.4. The third-order valence-corrected chi connectivity index (χ3v) is 4.23. The van der Waals surface area contributed by atoms with Gasteiger partial charge in [-0.05, 0) is 50.1 Å². The number of phenolic OH excluding ortho intramolecular Hbond substituents is 1. The molecule has 0 unspecified atom stereocenters. The van der Waals surface area contributed by atoms with Crippen molar-refractivity contribution in [3.8, 4) is 17.0 Å². The number of rotatable bonds is 1. The van der Waals surface area contributed by atoms with Crippen molar-refractivity contribution >= 4 is 49.1 Å². The quantitative estimate of drug-likeness (QED) is 0.660. The van der Waals surface area contributed by atoms with Crippen LogP contribution < -0.4 is 0 Å². The van der Waals surface area contributed by atoms with E-state index in [0.29, 0.717) is 26.4 Å². The average Bonchev–Trinajstić information content (AvgIpc) is 2.74. The molecule has 19 heavy (non-hydrogen) atoms. The number of imidazole rings is 1. The molecule has 0 aliphatic carbocycles. The molecule has 1 aromatic carbocycles. The van der Waals surface area contributed by atoms with Gasteiger partial charge in [-0.3, -0.25) is 4.40 Å². The molecule has 4 nitrogen and oxygen atoms in total. The van der Waals surface area contributed by atoms with Crippen molar-refractivity contribution in [2.24, 2.45) is 0 Å². The highest BCUT2D eigenvalue weighted by Gasteiger charge is 2.15. The molecular weight excluding hydrogens is 397 g/mol. The van der Waals surface area contributed by atoms with E-state index in [1.807, 2.05) is 0 Å². The van der Waals surface area contributed by atoms with Gasteiger partial charge in [0.15, 0.2) is 5.65 Å². The van der Waals surface area contributed by atoms with E-state index in [1.165, 1.54) is 6.07 Å². The van der Waals surface area contributed by atoms with Crippen LogP contribution in [0.25, 0.3) is 16.9 Å². The van der Waals surface area contributed by atoms with E-state index in [1.54, 1.807) is 29.1 Å². The molecule has 2 heterocycles. The highest BCUT2D eigenvalue weighted by molar-refractivity contribution is 9.11. The van der Waals surface area contributed by atoms with Gasteiger partial charge in [0.2, 0.25) is 0 Å². The zero-order chi connectivity index (χ0) is 13.6. The van der Waals surface area contributed by atoms with Gasteiger partial charge in [-0.1, -0.05) is 11.6 Å². The van der Waals surface area contributed by atoms with Crippen LogP contribution in [0.1, 0.15) is 0 Å². The lowest BCUT2D eigenvalue weighted by Gasteiger charge is -2.07. The van der Waals surface area contributed by atoms with Crippen LogP contribution in [0.2, 0.25) is 5.02 Å². The fraction of sp³-hybridized carbons (Fsp3) is 0. The van der Waals surface area contributed by atoms with Crippen LogP contribution in [-0.4, -0.2) is 19.5 Å².